The summed E-state index contributed by atoms with van der Waals surface area (Å²) in [5, 5.41) is 16.5. The molecule has 0 aromatic rings. The van der Waals surface area contributed by atoms with Crippen LogP contribution in [0.25, 0.3) is 0 Å². The molecular weight excluding hydrogens is 1000 g/mol. The maximum absolute atomic E-state index is 4.25. The summed E-state index contributed by atoms with van der Waals surface area (Å²) in [6, 6.07) is 12.1. The minimum absolute atomic E-state index is 0.719. The van der Waals surface area contributed by atoms with E-state index >= 15 is 0 Å². The molecule has 15 rings (SSSR count). The smallest absolute Gasteiger partial charge is 0.0252 e. The lowest BCUT2D eigenvalue weighted by Crippen LogP contribution is -2.62. The molecule has 8 heteroatoms. The Morgan fingerprint density at radius 1 is 0.244 bits per heavy atom. The molecule has 5 aliphatic heterocycles. The number of nitrogens with one attached hydrogen (secondary N) is 4. The van der Waals surface area contributed by atoms with Crippen LogP contribution in [0, 0.1) is 59.2 Å². The summed E-state index contributed by atoms with van der Waals surface area (Å²) >= 11 is 0. The minimum atomic E-state index is 0.719. The molecule has 4 N–H and O–H groups in total. The molecule has 15 fully saturated rings. The number of likely N-dealkylation sites (tertiary alicyclic amines) is 2. The normalized spacial score (nSPS) is 46.8. The molecule has 0 radical (unpaired) electrons. The second-order valence-electron chi connectivity index (χ2n) is 33.2. The zero-order valence-electron chi connectivity index (χ0n) is 53.0. The fourth-order valence-electron chi connectivity index (χ4n) is 26.1. The van der Waals surface area contributed by atoms with Crippen molar-refractivity contribution in [1.82, 2.24) is 40.9 Å². The quantitative estimate of drug-likeness (QED) is 0.154. The number of piperazine rings is 1. The van der Waals surface area contributed by atoms with Crippen LogP contribution in [0.1, 0.15) is 283 Å². The predicted octanol–water partition coefficient (Wildman–Crippen LogP) is 14.2. The van der Waals surface area contributed by atoms with Crippen molar-refractivity contribution in [2.75, 3.05) is 39.3 Å². The van der Waals surface area contributed by atoms with E-state index in [0.717, 1.165) is 144 Å². The Morgan fingerprint density at radius 3 is 0.890 bits per heavy atom. The molecule has 82 heavy (non-hydrogen) atoms. The lowest BCUT2D eigenvalue weighted by atomic mass is 9.65. The van der Waals surface area contributed by atoms with Crippen LogP contribution in [0.4, 0.5) is 0 Å². The molecule has 464 valence electrons. The summed E-state index contributed by atoms with van der Waals surface area (Å²) in [5.41, 5.74) is 0. The fourth-order valence-corrected chi connectivity index (χ4v) is 26.1. The molecule has 0 spiro atoms. The summed E-state index contributed by atoms with van der Waals surface area (Å²) in [6.07, 6.45) is 66.2. The van der Waals surface area contributed by atoms with Crippen LogP contribution >= 0.6 is 0 Å². The zero-order chi connectivity index (χ0) is 54.3. The van der Waals surface area contributed by atoms with Gasteiger partial charge in [-0.25, -0.2) is 0 Å². The molecule has 15 aliphatic rings. The van der Waals surface area contributed by atoms with Gasteiger partial charge in [0.1, 0.15) is 0 Å². The van der Waals surface area contributed by atoms with Crippen LogP contribution in [-0.2, 0) is 0 Å². The number of hydrogen-bond donors (Lipinski definition) is 4. The molecular formula is C74H128N8. The van der Waals surface area contributed by atoms with E-state index in [4.69, 9.17) is 0 Å². The second-order valence-corrected chi connectivity index (χ2v) is 33.2. The number of rotatable bonds is 12. The third-order valence-electron chi connectivity index (χ3n) is 29.7. The molecule has 12 unspecified atom stereocenters. The van der Waals surface area contributed by atoms with Crippen molar-refractivity contribution < 1.29 is 0 Å². The third-order valence-corrected chi connectivity index (χ3v) is 29.7. The van der Waals surface area contributed by atoms with Gasteiger partial charge in [-0.05, 0) is 291 Å². The van der Waals surface area contributed by atoms with Gasteiger partial charge in [0.2, 0.25) is 0 Å². The van der Waals surface area contributed by atoms with Crippen LogP contribution in [0.2, 0.25) is 0 Å². The lowest BCUT2D eigenvalue weighted by Gasteiger charge is -2.51. The second kappa shape index (κ2) is 27.0. The van der Waals surface area contributed by atoms with E-state index in [1.807, 2.05) is 0 Å². The Bertz CT molecular complexity index is 1770. The predicted molar refractivity (Wildman–Crippen MR) is 340 cm³/mol. The van der Waals surface area contributed by atoms with Crippen LogP contribution in [0.5, 0.6) is 0 Å². The molecule has 12 atom stereocenters. The largest absolute Gasteiger partial charge is 0.316 e. The van der Waals surface area contributed by atoms with Gasteiger partial charge in [-0.1, -0.05) is 77.0 Å². The summed E-state index contributed by atoms with van der Waals surface area (Å²) in [6.45, 7) is 7.54. The SMILES string of the molecule is C1CCC(N(C2CCCCC2)C2CCC3C(C2)C2CNCCC2N3C2CCC(C3CCC(C4NCCNC4C4CCC(C5CCC(N6C7CCNCC7C7CC(N(C8CCCCC8)C8CCCCC8)CCC76)CC5)CC4)CC3)CC2)CC1. The monoisotopic (exact) mass is 1130 g/mol. The van der Waals surface area contributed by atoms with E-state index in [1.54, 1.807) is 0 Å². The van der Waals surface area contributed by atoms with Crippen molar-refractivity contribution in [1.29, 1.82) is 0 Å². The first-order valence-corrected chi connectivity index (χ1v) is 38.7. The number of piperidine rings is 2. The van der Waals surface area contributed by atoms with Crippen LogP contribution < -0.4 is 21.3 Å². The molecule has 0 aromatic heterocycles. The van der Waals surface area contributed by atoms with E-state index in [0.29, 0.717) is 0 Å². The van der Waals surface area contributed by atoms with Gasteiger partial charge in [-0.2, -0.15) is 0 Å². The highest BCUT2D eigenvalue weighted by atomic mass is 15.3. The highest BCUT2D eigenvalue weighted by Crippen LogP contribution is 2.54. The summed E-state index contributed by atoms with van der Waals surface area (Å²) in [5.74, 6) is 9.54. The van der Waals surface area contributed by atoms with Gasteiger partial charge in [0.25, 0.3) is 0 Å². The van der Waals surface area contributed by atoms with E-state index in [1.165, 1.54) is 322 Å². The summed E-state index contributed by atoms with van der Waals surface area (Å²) in [4.78, 5) is 13.2. The van der Waals surface area contributed by atoms with Crippen LogP contribution in [0.15, 0.2) is 0 Å². The summed E-state index contributed by atoms with van der Waals surface area (Å²) < 4.78 is 0. The maximum atomic E-state index is 4.25. The van der Waals surface area contributed by atoms with Crippen molar-refractivity contribution in [2.45, 2.75) is 367 Å². The molecule has 8 nitrogen and oxygen atoms in total. The molecule has 10 saturated carbocycles. The molecule has 0 aromatic carbocycles. The van der Waals surface area contributed by atoms with Crippen molar-refractivity contribution in [3.63, 3.8) is 0 Å². The molecule has 0 bridgehead atoms. The molecule has 5 heterocycles. The zero-order valence-corrected chi connectivity index (χ0v) is 53.0. The Kier molecular flexibility index (Phi) is 19.1. The van der Waals surface area contributed by atoms with Crippen molar-refractivity contribution in [3.8, 4) is 0 Å². The fraction of sp³-hybridized carbons (Fsp3) is 1.00. The highest BCUT2D eigenvalue weighted by molar-refractivity contribution is 5.12. The van der Waals surface area contributed by atoms with Crippen molar-refractivity contribution in [3.05, 3.63) is 0 Å². The Labute approximate surface area is 504 Å². The average Bonchev–Trinajstić information content (AvgIpc) is 4.24. The first kappa shape index (κ1) is 58.1. The Morgan fingerprint density at radius 2 is 0.549 bits per heavy atom. The average molecular weight is 1130 g/mol. The van der Waals surface area contributed by atoms with E-state index in [-0.39, 0.29) is 0 Å². The summed E-state index contributed by atoms with van der Waals surface area (Å²) in [7, 11) is 0. The molecule has 5 saturated heterocycles. The van der Waals surface area contributed by atoms with E-state index in [9.17, 15) is 0 Å². The lowest BCUT2D eigenvalue weighted by molar-refractivity contribution is -0.00863. The molecule has 10 aliphatic carbocycles. The van der Waals surface area contributed by atoms with Gasteiger partial charge in [0.15, 0.2) is 0 Å². The van der Waals surface area contributed by atoms with Crippen LogP contribution in [-0.4, -0.2) is 143 Å². The van der Waals surface area contributed by atoms with Gasteiger partial charge in [0.05, 0.1) is 0 Å². The van der Waals surface area contributed by atoms with Gasteiger partial charge in [-0.15, -0.1) is 0 Å². The first-order chi connectivity index (χ1) is 40.7. The Balaban J connectivity index is 0.515. The maximum Gasteiger partial charge on any atom is 0.0252 e. The standard InChI is InChI=1S/C74H128N8/c1-5-13-57(14-6-1)79(58-15-7-2-8-16-58)63-37-39-69-65(47-63)67-49-75-43-41-71(67)81(69)61-33-29-53(30-34-61)51-21-25-55(26-22-51)73-74(78-46-45-77-73)56-27-23-52(24-28-56)54-31-35-62(36-32-54)82-70-40-38-64(48-66(70)68-50-76-44-42-72(68)82)80(59-17-9-3-10-18-59)60-19-11-4-12-20-60/h51-78H,1-50H2. The van der Waals surface area contributed by atoms with Gasteiger partial charge < -0.3 is 21.3 Å². The van der Waals surface area contributed by atoms with Gasteiger partial charge >= 0.3 is 0 Å². The third kappa shape index (κ3) is 12.0. The highest BCUT2D eigenvalue weighted by Gasteiger charge is 2.57. The van der Waals surface area contributed by atoms with Crippen LogP contribution in [0.3, 0.4) is 0 Å². The minimum Gasteiger partial charge on any atom is -0.316 e. The van der Waals surface area contributed by atoms with E-state index < -0.39 is 0 Å². The number of nitrogens with zero attached hydrogens (tertiary/aromatic N) is 4. The Hall–Kier alpha value is -0.320. The topological polar surface area (TPSA) is 61.1 Å². The number of hydrogen-bond acceptors (Lipinski definition) is 8. The van der Waals surface area contributed by atoms with Crippen molar-refractivity contribution >= 4 is 0 Å². The van der Waals surface area contributed by atoms with E-state index in [2.05, 4.69) is 40.9 Å². The molecule has 0 amide bonds. The van der Waals surface area contributed by atoms with Gasteiger partial charge in [-0.3, -0.25) is 19.6 Å². The number of fused-ring (bicyclic) bond motifs is 6. The first-order valence-electron chi connectivity index (χ1n) is 38.7. The van der Waals surface area contributed by atoms with Crippen molar-refractivity contribution in [2.24, 2.45) is 59.2 Å². The van der Waals surface area contributed by atoms with Gasteiger partial charge in [0, 0.05) is 97.7 Å².